The highest BCUT2D eigenvalue weighted by Crippen LogP contribution is 2.21. The minimum atomic E-state index is 0.657. The van der Waals surface area contributed by atoms with Gasteiger partial charge < -0.3 is 9.72 Å². The summed E-state index contributed by atoms with van der Waals surface area (Å²) in [7, 11) is 1.78. The Morgan fingerprint density at radius 1 is 1.39 bits per heavy atom. The van der Waals surface area contributed by atoms with E-state index >= 15 is 0 Å². The summed E-state index contributed by atoms with van der Waals surface area (Å²) in [6.07, 6.45) is 5.08. The van der Waals surface area contributed by atoms with E-state index < -0.39 is 0 Å². The van der Waals surface area contributed by atoms with E-state index in [1.165, 1.54) is 31.5 Å². The first kappa shape index (κ1) is 13.6. The van der Waals surface area contributed by atoms with Crippen LogP contribution in [0.1, 0.15) is 42.9 Å². The highest BCUT2D eigenvalue weighted by atomic mass is 16.5. The number of hydrogen-bond donors (Lipinski definition) is 1. The molecule has 0 saturated carbocycles. The van der Waals surface area contributed by atoms with Crippen LogP contribution in [-0.2, 0) is 11.3 Å². The van der Waals surface area contributed by atoms with Gasteiger partial charge in [0.15, 0.2) is 0 Å². The fourth-order valence-electron chi connectivity index (χ4n) is 2.74. The first-order chi connectivity index (χ1) is 8.70. The summed E-state index contributed by atoms with van der Waals surface area (Å²) in [4.78, 5) is 10.5. The van der Waals surface area contributed by atoms with Crippen LogP contribution in [0.4, 0.5) is 0 Å². The molecule has 102 valence electrons. The van der Waals surface area contributed by atoms with Gasteiger partial charge in [0.05, 0.1) is 12.2 Å². The fraction of sp³-hybridized carbons (Fsp3) is 0.786. The molecule has 0 radical (unpaired) electrons. The van der Waals surface area contributed by atoms with Gasteiger partial charge in [0.25, 0.3) is 0 Å². The van der Waals surface area contributed by atoms with E-state index in [0.717, 1.165) is 31.1 Å². The van der Waals surface area contributed by atoms with Gasteiger partial charge in [-0.05, 0) is 39.7 Å². The molecule has 0 amide bonds. The third-order valence-electron chi connectivity index (χ3n) is 3.93. The number of nitrogens with zero attached hydrogens (tertiary/aromatic N) is 2. The van der Waals surface area contributed by atoms with Crippen molar-refractivity contribution in [3.63, 3.8) is 0 Å². The van der Waals surface area contributed by atoms with E-state index in [1.807, 2.05) is 0 Å². The zero-order valence-corrected chi connectivity index (χ0v) is 11.8. The van der Waals surface area contributed by atoms with Crippen molar-refractivity contribution in [2.24, 2.45) is 0 Å². The minimum absolute atomic E-state index is 0.657. The molecule has 2 rings (SSSR count). The zero-order chi connectivity index (χ0) is 13.0. The lowest BCUT2D eigenvalue weighted by Crippen LogP contribution is -2.39. The Morgan fingerprint density at radius 2 is 2.22 bits per heavy atom. The summed E-state index contributed by atoms with van der Waals surface area (Å²) in [6.45, 7) is 7.14. The smallest absolute Gasteiger partial charge is 0.120 e. The maximum absolute atomic E-state index is 5.22. The van der Waals surface area contributed by atoms with E-state index in [9.17, 15) is 0 Å². The molecule has 4 heteroatoms. The standard InChI is InChI=1S/C14H25N3O/c1-11-12(2)16-14(15-11)10-17-8-5-4-6-13(17)7-9-18-3/h13H,4-10H2,1-3H3,(H,15,16)/t13-/m1/s1. The number of ether oxygens (including phenoxy) is 1. The highest BCUT2D eigenvalue weighted by molar-refractivity contribution is 5.10. The Hall–Kier alpha value is -0.870. The van der Waals surface area contributed by atoms with Crippen molar-refractivity contribution in [2.45, 2.75) is 52.1 Å². The molecule has 1 aliphatic heterocycles. The normalized spacial score (nSPS) is 21.4. The molecule has 1 N–H and O–H groups in total. The Balaban J connectivity index is 1.96. The van der Waals surface area contributed by atoms with Gasteiger partial charge in [-0.1, -0.05) is 6.42 Å². The molecule has 0 spiro atoms. The second-order valence-corrected chi connectivity index (χ2v) is 5.30. The summed E-state index contributed by atoms with van der Waals surface area (Å²) in [5.41, 5.74) is 2.31. The quantitative estimate of drug-likeness (QED) is 0.873. The highest BCUT2D eigenvalue weighted by Gasteiger charge is 2.23. The van der Waals surface area contributed by atoms with Crippen molar-refractivity contribution in [1.29, 1.82) is 0 Å². The molecule has 1 atom stereocenters. The molecule has 1 fully saturated rings. The van der Waals surface area contributed by atoms with Gasteiger partial charge in [0.2, 0.25) is 0 Å². The molecule has 1 aromatic heterocycles. The lowest BCUT2D eigenvalue weighted by atomic mass is 10.00. The number of H-pyrrole nitrogens is 1. The van der Waals surface area contributed by atoms with Crippen LogP contribution in [0.15, 0.2) is 0 Å². The lowest BCUT2D eigenvalue weighted by Gasteiger charge is -2.35. The maximum atomic E-state index is 5.22. The first-order valence-corrected chi connectivity index (χ1v) is 6.95. The fourth-order valence-corrected chi connectivity index (χ4v) is 2.74. The number of aromatic nitrogens is 2. The van der Waals surface area contributed by atoms with Crippen molar-refractivity contribution < 1.29 is 4.74 Å². The maximum Gasteiger partial charge on any atom is 0.120 e. The zero-order valence-electron chi connectivity index (χ0n) is 11.8. The van der Waals surface area contributed by atoms with Crippen molar-refractivity contribution in [3.05, 3.63) is 17.2 Å². The average Bonchev–Trinajstić information content (AvgIpc) is 2.67. The SMILES string of the molecule is COCC[C@H]1CCCCN1Cc1nc(C)c(C)[nH]1. The molecule has 0 aliphatic carbocycles. The third kappa shape index (κ3) is 3.33. The topological polar surface area (TPSA) is 41.1 Å². The van der Waals surface area contributed by atoms with Gasteiger partial charge >= 0.3 is 0 Å². The summed E-state index contributed by atoms with van der Waals surface area (Å²) in [5.74, 6) is 1.11. The van der Waals surface area contributed by atoms with Crippen molar-refractivity contribution in [3.8, 4) is 0 Å². The van der Waals surface area contributed by atoms with E-state index in [-0.39, 0.29) is 0 Å². The number of hydrogen-bond acceptors (Lipinski definition) is 3. The monoisotopic (exact) mass is 251 g/mol. The van der Waals surface area contributed by atoms with E-state index in [0.29, 0.717) is 6.04 Å². The first-order valence-electron chi connectivity index (χ1n) is 6.95. The molecule has 0 bridgehead atoms. The van der Waals surface area contributed by atoms with E-state index in [4.69, 9.17) is 4.74 Å². The minimum Gasteiger partial charge on any atom is -0.385 e. The molecular formula is C14H25N3O. The van der Waals surface area contributed by atoms with Crippen LogP contribution in [0.25, 0.3) is 0 Å². The van der Waals surface area contributed by atoms with Crippen molar-refractivity contribution in [2.75, 3.05) is 20.3 Å². The predicted octanol–water partition coefficient (Wildman–Crippen LogP) is 2.42. The van der Waals surface area contributed by atoms with Crippen LogP contribution in [-0.4, -0.2) is 41.2 Å². The largest absolute Gasteiger partial charge is 0.385 e. The average molecular weight is 251 g/mol. The second kappa shape index (κ2) is 6.34. The van der Waals surface area contributed by atoms with Crippen LogP contribution in [0.2, 0.25) is 0 Å². The number of rotatable bonds is 5. The Labute approximate surface area is 110 Å². The summed E-state index contributed by atoms with van der Waals surface area (Å²) < 4.78 is 5.22. The van der Waals surface area contributed by atoms with Crippen molar-refractivity contribution >= 4 is 0 Å². The number of likely N-dealkylation sites (tertiary alicyclic amines) is 1. The summed E-state index contributed by atoms with van der Waals surface area (Å²) in [6, 6.07) is 0.657. The molecule has 2 heterocycles. The van der Waals surface area contributed by atoms with Gasteiger partial charge in [-0.2, -0.15) is 0 Å². The molecule has 18 heavy (non-hydrogen) atoms. The van der Waals surface area contributed by atoms with Crippen molar-refractivity contribution in [1.82, 2.24) is 14.9 Å². The van der Waals surface area contributed by atoms with Crippen LogP contribution in [0.3, 0.4) is 0 Å². The second-order valence-electron chi connectivity index (χ2n) is 5.30. The lowest BCUT2D eigenvalue weighted by molar-refractivity contribution is 0.0954. The van der Waals surface area contributed by atoms with Crippen LogP contribution >= 0.6 is 0 Å². The molecule has 4 nitrogen and oxygen atoms in total. The Kier molecular flexibility index (Phi) is 4.78. The van der Waals surface area contributed by atoms with Gasteiger partial charge in [-0.3, -0.25) is 4.90 Å². The predicted molar refractivity (Wildman–Crippen MR) is 72.6 cm³/mol. The van der Waals surface area contributed by atoms with Crippen LogP contribution in [0, 0.1) is 13.8 Å². The molecule has 1 aromatic rings. The summed E-state index contributed by atoms with van der Waals surface area (Å²) in [5, 5.41) is 0. The molecule has 0 aromatic carbocycles. The molecule has 1 saturated heterocycles. The van der Waals surface area contributed by atoms with Gasteiger partial charge in [0.1, 0.15) is 5.82 Å². The number of piperidine rings is 1. The van der Waals surface area contributed by atoms with Crippen LogP contribution in [0.5, 0.6) is 0 Å². The van der Waals surface area contributed by atoms with E-state index in [1.54, 1.807) is 7.11 Å². The summed E-state index contributed by atoms with van der Waals surface area (Å²) >= 11 is 0. The number of aryl methyl sites for hydroxylation is 2. The van der Waals surface area contributed by atoms with Gasteiger partial charge in [-0.25, -0.2) is 4.98 Å². The van der Waals surface area contributed by atoms with Gasteiger partial charge in [-0.15, -0.1) is 0 Å². The number of aromatic amines is 1. The van der Waals surface area contributed by atoms with E-state index in [2.05, 4.69) is 28.7 Å². The van der Waals surface area contributed by atoms with Gasteiger partial charge in [0, 0.05) is 25.5 Å². The number of nitrogens with one attached hydrogen (secondary N) is 1. The van der Waals surface area contributed by atoms with Crippen LogP contribution < -0.4 is 0 Å². The molecule has 0 unspecified atom stereocenters. The number of methoxy groups -OCH3 is 1. The number of imidazole rings is 1. The molecule has 1 aliphatic rings. The Morgan fingerprint density at radius 3 is 2.89 bits per heavy atom. The molecular weight excluding hydrogens is 226 g/mol. The Bertz CT molecular complexity index is 356. The third-order valence-corrected chi connectivity index (χ3v) is 3.93.